The van der Waals surface area contributed by atoms with Crippen LogP contribution in [0.5, 0.6) is 0 Å². The van der Waals surface area contributed by atoms with Gasteiger partial charge in [0.05, 0.1) is 19.3 Å². The van der Waals surface area contributed by atoms with Crippen molar-refractivity contribution < 1.29 is 14.3 Å². The van der Waals surface area contributed by atoms with E-state index >= 15 is 0 Å². The van der Waals surface area contributed by atoms with Gasteiger partial charge in [-0.15, -0.1) is 0 Å². The molecule has 0 radical (unpaired) electrons. The lowest BCUT2D eigenvalue weighted by atomic mass is 10.2. The molecule has 1 aliphatic rings. The van der Waals surface area contributed by atoms with Crippen molar-refractivity contribution in [3.63, 3.8) is 0 Å². The van der Waals surface area contributed by atoms with E-state index in [1.807, 2.05) is 13.8 Å². The standard InChI is InChI=1S/C7H14N2O3/c1-7(2)11-3-5(4-12-7)9-6(8)10/h5H,3-4H2,1-2H3,(H3,8,9,10). The Labute approximate surface area is 71.2 Å². The fourth-order valence-electron chi connectivity index (χ4n) is 0.977. The molecule has 1 heterocycles. The summed E-state index contributed by atoms with van der Waals surface area (Å²) in [5, 5.41) is 2.51. The van der Waals surface area contributed by atoms with Gasteiger partial charge in [0.1, 0.15) is 0 Å². The Morgan fingerprint density at radius 2 is 2.00 bits per heavy atom. The number of carbonyl (C=O) groups excluding carboxylic acids is 1. The van der Waals surface area contributed by atoms with Crippen molar-refractivity contribution in [2.45, 2.75) is 25.7 Å². The molecular formula is C7H14N2O3. The summed E-state index contributed by atoms with van der Waals surface area (Å²) in [4.78, 5) is 10.4. The molecule has 70 valence electrons. The predicted molar refractivity (Wildman–Crippen MR) is 42.5 cm³/mol. The molecule has 1 fully saturated rings. The zero-order valence-electron chi connectivity index (χ0n) is 7.29. The number of hydrogen-bond acceptors (Lipinski definition) is 3. The van der Waals surface area contributed by atoms with E-state index in [4.69, 9.17) is 15.2 Å². The van der Waals surface area contributed by atoms with Gasteiger partial charge in [0.2, 0.25) is 0 Å². The number of urea groups is 1. The highest BCUT2D eigenvalue weighted by Crippen LogP contribution is 2.16. The fourth-order valence-corrected chi connectivity index (χ4v) is 0.977. The van der Waals surface area contributed by atoms with Crippen molar-refractivity contribution in [3.05, 3.63) is 0 Å². The number of hydrogen-bond donors (Lipinski definition) is 2. The van der Waals surface area contributed by atoms with E-state index in [0.717, 1.165) is 0 Å². The summed E-state index contributed by atoms with van der Waals surface area (Å²) in [7, 11) is 0. The lowest BCUT2D eigenvalue weighted by molar-refractivity contribution is -0.251. The molecule has 1 saturated heterocycles. The highest BCUT2D eigenvalue weighted by Gasteiger charge is 2.28. The van der Waals surface area contributed by atoms with Crippen molar-refractivity contribution in [1.82, 2.24) is 5.32 Å². The Kier molecular flexibility index (Phi) is 2.54. The van der Waals surface area contributed by atoms with E-state index in [9.17, 15) is 4.79 Å². The van der Waals surface area contributed by atoms with E-state index in [0.29, 0.717) is 13.2 Å². The monoisotopic (exact) mass is 174 g/mol. The fraction of sp³-hybridized carbons (Fsp3) is 0.857. The number of ether oxygens (including phenoxy) is 2. The number of amides is 2. The summed E-state index contributed by atoms with van der Waals surface area (Å²) in [6.07, 6.45) is 0. The first-order valence-corrected chi connectivity index (χ1v) is 3.83. The Bertz CT molecular complexity index is 171. The molecular weight excluding hydrogens is 160 g/mol. The van der Waals surface area contributed by atoms with Crippen LogP contribution in [0.3, 0.4) is 0 Å². The molecule has 12 heavy (non-hydrogen) atoms. The molecule has 0 aromatic heterocycles. The van der Waals surface area contributed by atoms with Crippen LogP contribution in [0.15, 0.2) is 0 Å². The van der Waals surface area contributed by atoms with Crippen molar-refractivity contribution in [2.24, 2.45) is 5.73 Å². The average molecular weight is 174 g/mol. The predicted octanol–water partition coefficient (Wildman–Crippen LogP) is -0.194. The topological polar surface area (TPSA) is 73.6 Å². The first-order valence-electron chi connectivity index (χ1n) is 3.83. The van der Waals surface area contributed by atoms with Gasteiger partial charge < -0.3 is 20.5 Å². The van der Waals surface area contributed by atoms with Gasteiger partial charge >= 0.3 is 6.03 Å². The van der Waals surface area contributed by atoms with Crippen LogP contribution in [0.1, 0.15) is 13.8 Å². The maximum absolute atomic E-state index is 10.4. The quantitative estimate of drug-likeness (QED) is 0.578. The minimum atomic E-state index is -0.549. The molecule has 5 heteroatoms. The minimum absolute atomic E-state index is 0.129. The molecule has 1 aliphatic heterocycles. The molecule has 0 bridgehead atoms. The normalized spacial score (nSPS) is 23.5. The molecule has 5 nitrogen and oxygen atoms in total. The van der Waals surface area contributed by atoms with Gasteiger partial charge in [-0.3, -0.25) is 0 Å². The van der Waals surface area contributed by atoms with Crippen molar-refractivity contribution in [1.29, 1.82) is 0 Å². The first-order chi connectivity index (χ1) is 5.49. The van der Waals surface area contributed by atoms with Crippen LogP contribution >= 0.6 is 0 Å². The largest absolute Gasteiger partial charge is 0.352 e. The maximum atomic E-state index is 10.4. The van der Waals surface area contributed by atoms with Gasteiger partial charge in [-0.25, -0.2) is 4.79 Å². The van der Waals surface area contributed by atoms with Crippen LogP contribution in [0.25, 0.3) is 0 Å². The van der Waals surface area contributed by atoms with Crippen LogP contribution in [0.2, 0.25) is 0 Å². The minimum Gasteiger partial charge on any atom is -0.352 e. The van der Waals surface area contributed by atoms with Crippen LogP contribution < -0.4 is 11.1 Å². The number of nitrogens with two attached hydrogens (primary N) is 1. The molecule has 0 aromatic carbocycles. The van der Waals surface area contributed by atoms with Gasteiger partial charge in [0.25, 0.3) is 0 Å². The lowest BCUT2D eigenvalue weighted by Gasteiger charge is -2.34. The summed E-state index contributed by atoms with van der Waals surface area (Å²) in [5.41, 5.74) is 4.93. The van der Waals surface area contributed by atoms with E-state index < -0.39 is 11.8 Å². The number of carbonyl (C=O) groups is 1. The third-order valence-corrected chi connectivity index (χ3v) is 1.61. The third kappa shape index (κ3) is 2.67. The molecule has 0 aliphatic carbocycles. The summed E-state index contributed by atoms with van der Waals surface area (Å²) in [6.45, 7) is 4.53. The molecule has 0 atom stereocenters. The van der Waals surface area contributed by atoms with Crippen LogP contribution in [0, 0.1) is 0 Å². The highest BCUT2D eigenvalue weighted by atomic mass is 16.7. The van der Waals surface area contributed by atoms with E-state index in [1.165, 1.54) is 0 Å². The second-order valence-electron chi connectivity index (χ2n) is 3.23. The third-order valence-electron chi connectivity index (χ3n) is 1.61. The number of nitrogens with one attached hydrogen (secondary N) is 1. The SMILES string of the molecule is CC1(C)OCC(NC(N)=O)CO1. The molecule has 2 amide bonds. The van der Waals surface area contributed by atoms with Crippen molar-refractivity contribution >= 4 is 6.03 Å². The summed E-state index contributed by atoms with van der Waals surface area (Å²) < 4.78 is 10.6. The zero-order chi connectivity index (χ0) is 9.19. The number of primary amides is 1. The Morgan fingerprint density at radius 3 is 2.42 bits per heavy atom. The Morgan fingerprint density at radius 1 is 1.50 bits per heavy atom. The molecule has 1 rings (SSSR count). The molecule has 0 saturated carbocycles. The first kappa shape index (κ1) is 9.28. The van der Waals surface area contributed by atoms with E-state index in [1.54, 1.807) is 0 Å². The van der Waals surface area contributed by atoms with Gasteiger partial charge in [-0.1, -0.05) is 0 Å². The summed E-state index contributed by atoms with van der Waals surface area (Å²) in [5.74, 6) is -0.546. The van der Waals surface area contributed by atoms with Crippen LogP contribution in [-0.2, 0) is 9.47 Å². The Balaban J connectivity index is 2.31. The zero-order valence-corrected chi connectivity index (χ0v) is 7.29. The summed E-state index contributed by atoms with van der Waals surface area (Å²) in [6, 6.07) is -0.678. The average Bonchev–Trinajstić information content (AvgIpc) is 1.93. The second kappa shape index (κ2) is 3.28. The van der Waals surface area contributed by atoms with E-state index in [-0.39, 0.29) is 6.04 Å². The van der Waals surface area contributed by atoms with Gasteiger partial charge in [0, 0.05) is 0 Å². The second-order valence-corrected chi connectivity index (χ2v) is 3.23. The molecule has 3 N–H and O–H groups in total. The Hall–Kier alpha value is -0.810. The number of rotatable bonds is 1. The maximum Gasteiger partial charge on any atom is 0.312 e. The van der Waals surface area contributed by atoms with Crippen molar-refractivity contribution in [2.75, 3.05) is 13.2 Å². The van der Waals surface area contributed by atoms with Crippen LogP contribution in [0.4, 0.5) is 4.79 Å². The molecule has 0 spiro atoms. The molecule has 0 aromatic rings. The summed E-state index contributed by atoms with van der Waals surface area (Å²) >= 11 is 0. The highest BCUT2D eigenvalue weighted by molar-refractivity contribution is 5.71. The van der Waals surface area contributed by atoms with Gasteiger partial charge in [-0.05, 0) is 13.8 Å². The van der Waals surface area contributed by atoms with Gasteiger partial charge in [-0.2, -0.15) is 0 Å². The van der Waals surface area contributed by atoms with E-state index in [2.05, 4.69) is 5.32 Å². The lowest BCUT2D eigenvalue weighted by Crippen LogP contribution is -2.51. The van der Waals surface area contributed by atoms with Gasteiger partial charge in [0.15, 0.2) is 5.79 Å². The van der Waals surface area contributed by atoms with Crippen molar-refractivity contribution in [3.8, 4) is 0 Å². The van der Waals surface area contributed by atoms with Crippen LogP contribution in [-0.4, -0.2) is 31.1 Å². The molecule has 0 unspecified atom stereocenters. The smallest absolute Gasteiger partial charge is 0.312 e.